The summed E-state index contributed by atoms with van der Waals surface area (Å²) < 4.78 is 2.25. The minimum atomic E-state index is 0.197. The van der Waals surface area contributed by atoms with Gasteiger partial charge in [0.1, 0.15) is 0 Å². The molecular formula is C21H32OS. The maximum Gasteiger partial charge on any atom is 0.195 e. The van der Waals surface area contributed by atoms with Gasteiger partial charge in [0.15, 0.2) is 5.43 Å². The molecule has 0 radical (unpaired) electrons. The zero-order valence-electron chi connectivity index (χ0n) is 15.6. The third kappa shape index (κ3) is 6.31. The van der Waals surface area contributed by atoms with Crippen LogP contribution in [-0.4, -0.2) is 0 Å². The van der Waals surface area contributed by atoms with E-state index in [9.17, 15) is 4.79 Å². The van der Waals surface area contributed by atoms with E-state index in [-0.39, 0.29) is 5.43 Å². The van der Waals surface area contributed by atoms with Crippen molar-refractivity contribution in [3.63, 3.8) is 0 Å². The van der Waals surface area contributed by atoms with Gasteiger partial charge in [-0.1, -0.05) is 72.2 Å². The van der Waals surface area contributed by atoms with Crippen molar-refractivity contribution < 1.29 is 0 Å². The highest BCUT2D eigenvalue weighted by Gasteiger charge is 2.03. The SMILES string of the molecule is CC.CC.CCC.O=c1c2c(sc3ccccc13)=CCCCC=2. The summed E-state index contributed by atoms with van der Waals surface area (Å²) in [5.74, 6) is 0. The molecule has 0 N–H and O–H groups in total. The van der Waals surface area contributed by atoms with E-state index < -0.39 is 0 Å². The largest absolute Gasteiger partial charge is 0.289 e. The van der Waals surface area contributed by atoms with E-state index in [1.165, 1.54) is 6.42 Å². The van der Waals surface area contributed by atoms with Crippen LogP contribution in [0.4, 0.5) is 0 Å². The van der Waals surface area contributed by atoms with Crippen molar-refractivity contribution in [1.82, 2.24) is 0 Å². The molecule has 0 unspecified atom stereocenters. The monoisotopic (exact) mass is 332 g/mol. The Labute approximate surface area is 145 Å². The molecule has 1 aliphatic carbocycles. The molecule has 0 saturated heterocycles. The van der Waals surface area contributed by atoms with Gasteiger partial charge in [-0.05, 0) is 31.4 Å². The van der Waals surface area contributed by atoms with Crippen molar-refractivity contribution in [2.75, 3.05) is 0 Å². The number of hydrogen-bond acceptors (Lipinski definition) is 2. The van der Waals surface area contributed by atoms with Crippen LogP contribution in [0.1, 0.15) is 67.2 Å². The first-order valence-corrected chi connectivity index (χ1v) is 9.81. The molecule has 0 spiro atoms. The molecule has 0 saturated carbocycles. The fourth-order valence-electron chi connectivity index (χ4n) is 2.12. The molecule has 23 heavy (non-hydrogen) atoms. The fraction of sp³-hybridized carbons (Fsp3) is 0.476. The third-order valence-electron chi connectivity index (χ3n) is 2.95. The number of rotatable bonds is 0. The summed E-state index contributed by atoms with van der Waals surface area (Å²) in [7, 11) is 0. The second-order valence-electron chi connectivity index (χ2n) is 4.75. The molecule has 0 fully saturated rings. The Morgan fingerprint density at radius 1 is 0.957 bits per heavy atom. The van der Waals surface area contributed by atoms with Crippen LogP contribution in [0.15, 0.2) is 29.1 Å². The summed E-state index contributed by atoms with van der Waals surface area (Å²) in [6.07, 6.45) is 8.81. The molecule has 0 aliphatic heterocycles. The molecule has 2 aromatic rings. The number of hydrogen-bond donors (Lipinski definition) is 0. The van der Waals surface area contributed by atoms with Crippen LogP contribution >= 0.6 is 11.3 Å². The molecule has 1 heterocycles. The maximum atomic E-state index is 12.3. The molecule has 2 heteroatoms. The Balaban J connectivity index is 0.000000609. The highest BCUT2D eigenvalue weighted by molar-refractivity contribution is 7.16. The molecule has 3 rings (SSSR count). The Morgan fingerprint density at radius 3 is 2.17 bits per heavy atom. The summed E-state index contributed by atoms with van der Waals surface area (Å²) in [6.45, 7) is 12.2. The molecule has 1 aromatic carbocycles. The Morgan fingerprint density at radius 2 is 1.52 bits per heavy atom. The topological polar surface area (TPSA) is 17.1 Å². The van der Waals surface area contributed by atoms with E-state index in [4.69, 9.17) is 0 Å². The second-order valence-corrected chi connectivity index (χ2v) is 5.84. The lowest BCUT2D eigenvalue weighted by molar-refractivity contribution is 0.925. The van der Waals surface area contributed by atoms with Crippen molar-refractivity contribution in [2.24, 2.45) is 0 Å². The molecule has 0 atom stereocenters. The van der Waals surface area contributed by atoms with E-state index in [1.807, 2.05) is 52.0 Å². The lowest BCUT2D eigenvalue weighted by Crippen LogP contribution is -2.36. The van der Waals surface area contributed by atoms with Crippen molar-refractivity contribution >= 4 is 33.6 Å². The van der Waals surface area contributed by atoms with Gasteiger partial charge in [0.2, 0.25) is 0 Å². The summed E-state index contributed by atoms with van der Waals surface area (Å²) in [6, 6.07) is 7.88. The van der Waals surface area contributed by atoms with Gasteiger partial charge in [0, 0.05) is 19.8 Å². The van der Waals surface area contributed by atoms with Gasteiger partial charge in [-0.2, -0.15) is 0 Å². The van der Waals surface area contributed by atoms with Crippen molar-refractivity contribution in [3.8, 4) is 0 Å². The Hall–Kier alpha value is -1.41. The summed E-state index contributed by atoms with van der Waals surface area (Å²) in [4.78, 5) is 12.3. The first-order valence-electron chi connectivity index (χ1n) is 9.00. The predicted molar refractivity (Wildman–Crippen MR) is 109 cm³/mol. The highest BCUT2D eigenvalue weighted by atomic mass is 32.1. The predicted octanol–water partition coefficient (Wildman–Crippen LogP) is 5.48. The normalized spacial score (nSPS) is 11.6. The number of benzene rings is 1. The van der Waals surface area contributed by atoms with Crippen LogP contribution in [0, 0.1) is 0 Å². The lowest BCUT2D eigenvalue weighted by atomic mass is 10.2. The lowest BCUT2D eigenvalue weighted by Gasteiger charge is -1.95. The molecule has 0 bridgehead atoms. The fourth-order valence-corrected chi connectivity index (χ4v) is 3.26. The first kappa shape index (κ1) is 21.6. The van der Waals surface area contributed by atoms with Crippen LogP contribution in [0.5, 0.6) is 0 Å². The molecule has 128 valence electrons. The van der Waals surface area contributed by atoms with Crippen LogP contribution in [0.3, 0.4) is 0 Å². The van der Waals surface area contributed by atoms with Crippen molar-refractivity contribution in [2.45, 2.75) is 67.2 Å². The second kappa shape index (κ2) is 13.1. The highest BCUT2D eigenvalue weighted by Crippen LogP contribution is 2.10. The zero-order valence-corrected chi connectivity index (χ0v) is 16.4. The first-order chi connectivity index (χ1) is 11.3. The smallest absolute Gasteiger partial charge is 0.195 e. The van der Waals surface area contributed by atoms with E-state index in [0.29, 0.717) is 0 Å². The molecule has 1 nitrogen and oxygen atoms in total. The standard InChI is InChI=1S/C14H12OS.C3H8.2C2H6/c15-14-10-6-2-1-3-8-12(10)16-13-9-5-4-7-11(13)14;1-3-2;2*1-2/h4-9H,1-3H2;3H2,1-2H3;2*1-2H3. The summed E-state index contributed by atoms with van der Waals surface area (Å²) >= 11 is 1.73. The maximum absolute atomic E-state index is 12.3. The third-order valence-corrected chi connectivity index (χ3v) is 4.13. The van der Waals surface area contributed by atoms with Crippen LogP contribution in [-0.2, 0) is 0 Å². The Bertz CT molecular complexity index is 726. The van der Waals surface area contributed by atoms with Gasteiger partial charge in [0.05, 0.1) is 0 Å². The van der Waals surface area contributed by atoms with Crippen LogP contribution in [0.2, 0.25) is 0 Å². The molecular weight excluding hydrogens is 300 g/mol. The van der Waals surface area contributed by atoms with Gasteiger partial charge < -0.3 is 0 Å². The average molecular weight is 333 g/mol. The van der Waals surface area contributed by atoms with Crippen LogP contribution < -0.4 is 15.2 Å². The summed E-state index contributed by atoms with van der Waals surface area (Å²) in [5, 5.41) is 1.78. The van der Waals surface area contributed by atoms with E-state index in [2.05, 4.69) is 26.0 Å². The quantitative estimate of drug-likeness (QED) is 0.625. The zero-order chi connectivity index (χ0) is 17.7. The van der Waals surface area contributed by atoms with Gasteiger partial charge in [-0.25, -0.2) is 0 Å². The molecule has 1 aliphatic rings. The minimum Gasteiger partial charge on any atom is -0.289 e. The van der Waals surface area contributed by atoms with Gasteiger partial charge >= 0.3 is 0 Å². The van der Waals surface area contributed by atoms with Gasteiger partial charge in [-0.15, -0.1) is 11.3 Å². The van der Waals surface area contributed by atoms with E-state index in [1.54, 1.807) is 11.3 Å². The molecule has 0 amide bonds. The van der Waals surface area contributed by atoms with E-state index >= 15 is 0 Å². The van der Waals surface area contributed by atoms with Gasteiger partial charge in [0.25, 0.3) is 0 Å². The van der Waals surface area contributed by atoms with E-state index in [0.717, 1.165) is 39.1 Å². The Kier molecular flexibility index (Phi) is 12.3. The van der Waals surface area contributed by atoms with Crippen molar-refractivity contribution in [3.05, 3.63) is 44.2 Å². The van der Waals surface area contributed by atoms with Crippen molar-refractivity contribution in [1.29, 1.82) is 0 Å². The summed E-state index contributed by atoms with van der Waals surface area (Å²) in [5.41, 5.74) is 0.197. The number of fused-ring (bicyclic) bond motifs is 2. The van der Waals surface area contributed by atoms with Gasteiger partial charge in [-0.3, -0.25) is 4.79 Å². The average Bonchev–Trinajstić information content (AvgIpc) is 2.85. The van der Waals surface area contributed by atoms with Crippen LogP contribution in [0.25, 0.3) is 22.2 Å². The minimum absolute atomic E-state index is 0.197. The molecule has 1 aromatic heterocycles.